The van der Waals surface area contributed by atoms with Gasteiger partial charge in [-0.1, -0.05) is 24.3 Å². The number of rotatable bonds is 5. The standard InChI is InChI=1S/C18H17F3N2O2/c1-12(24)22-9-10-23-17(25)14-7-5-13(6-8-14)15-3-2-4-16(11-15)18(19,20)21/h2-8,11H,9-10H2,1H3,(H,22,24)(H,23,25). The first kappa shape index (κ1) is 18.5. The molecule has 0 fully saturated rings. The van der Waals surface area contributed by atoms with Gasteiger partial charge in [0, 0.05) is 25.6 Å². The maximum absolute atomic E-state index is 12.8. The van der Waals surface area contributed by atoms with Gasteiger partial charge < -0.3 is 10.6 Å². The van der Waals surface area contributed by atoms with E-state index in [4.69, 9.17) is 0 Å². The Labute approximate surface area is 143 Å². The zero-order chi connectivity index (χ0) is 18.4. The molecule has 2 aromatic carbocycles. The zero-order valence-electron chi connectivity index (χ0n) is 13.5. The minimum absolute atomic E-state index is 0.181. The Bertz CT molecular complexity index is 756. The minimum atomic E-state index is -4.40. The van der Waals surface area contributed by atoms with Crippen LogP contribution in [0.15, 0.2) is 48.5 Å². The fourth-order valence-corrected chi connectivity index (χ4v) is 2.21. The Morgan fingerprint density at radius 1 is 0.920 bits per heavy atom. The molecular formula is C18H17F3N2O2. The lowest BCUT2D eigenvalue weighted by Crippen LogP contribution is -2.33. The third-order valence-electron chi connectivity index (χ3n) is 3.45. The Morgan fingerprint density at radius 3 is 2.16 bits per heavy atom. The van der Waals surface area contributed by atoms with Gasteiger partial charge in [0.25, 0.3) is 5.91 Å². The predicted octanol–water partition coefficient (Wildman–Crippen LogP) is 3.24. The second kappa shape index (κ2) is 7.83. The van der Waals surface area contributed by atoms with Gasteiger partial charge in [0.2, 0.25) is 5.91 Å². The first-order chi connectivity index (χ1) is 11.8. The molecule has 2 amide bonds. The van der Waals surface area contributed by atoms with Crippen LogP contribution in [0.25, 0.3) is 11.1 Å². The first-order valence-electron chi connectivity index (χ1n) is 7.58. The maximum Gasteiger partial charge on any atom is 0.416 e. The van der Waals surface area contributed by atoms with Gasteiger partial charge in [0.1, 0.15) is 0 Å². The SMILES string of the molecule is CC(=O)NCCNC(=O)c1ccc(-c2cccc(C(F)(F)F)c2)cc1. The molecule has 0 saturated heterocycles. The Kier molecular flexibility index (Phi) is 5.80. The van der Waals surface area contributed by atoms with E-state index >= 15 is 0 Å². The van der Waals surface area contributed by atoms with Crippen LogP contribution in [-0.4, -0.2) is 24.9 Å². The number of hydrogen-bond donors (Lipinski definition) is 2. The second-order valence-electron chi connectivity index (χ2n) is 5.39. The van der Waals surface area contributed by atoms with Crippen molar-refractivity contribution in [1.82, 2.24) is 10.6 Å². The Balaban J connectivity index is 2.05. The summed E-state index contributed by atoms with van der Waals surface area (Å²) in [5, 5.41) is 5.19. The topological polar surface area (TPSA) is 58.2 Å². The summed E-state index contributed by atoms with van der Waals surface area (Å²) < 4.78 is 38.3. The van der Waals surface area contributed by atoms with Gasteiger partial charge in [-0.15, -0.1) is 0 Å². The third-order valence-corrected chi connectivity index (χ3v) is 3.45. The van der Waals surface area contributed by atoms with E-state index in [0.717, 1.165) is 12.1 Å². The highest BCUT2D eigenvalue weighted by Gasteiger charge is 2.30. The third kappa shape index (κ3) is 5.34. The molecule has 0 unspecified atom stereocenters. The largest absolute Gasteiger partial charge is 0.416 e. The van der Waals surface area contributed by atoms with Gasteiger partial charge in [-0.2, -0.15) is 13.2 Å². The molecular weight excluding hydrogens is 333 g/mol. The summed E-state index contributed by atoms with van der Waals surface area (Å²) in [6.07, 6.45) is -4.40. The fraction of sp³-hybridized carbons (Fsp3) is 0.222. The van der Waals surface area contributed by atoms with E-state index in [1.54, 1.807) is 30.3 Å². The Morgan fingerprint density at radius 2 is 1.56 bits per heavy atom. The van der Waals surface area contributed by atoms with Crippen molar-refractivity contribution in [2.45, 2.75) is 13.1 Å². The van der Waals surface area contributed by atoms with E-state index in [1.165, 1.54) is 13.0 Å². The smallest absolute Gasteiger partial charge is 0.355 e. The summed E-state index contributed by atoms with van der Waals surface area (Å²) in [4.78, 5) is 22.7. The van der Waals surface area contributed by atoms with Crippen molar-refractivity contribution in [3.8, 4) is 11.1 Å². The lowest BCUT2D eigenvalue weighted by Gasteiger charge is -2.10. The number of benzene rings is 2. The molecule has 0 aliphatic heterocycles. The van der Waals surface area contributed by atoms with Crippen LogP contribution in [-0.2, 0) is 11.0 Å². The van der Waals surface area contributed by atoms with E-state index in [0.29, 0.717) is 23.2 Å². The van der Waals surface area contributed by atoms with Crippen LogP contribution in [0.1, 0.15) is 22.8 Å². The summed E-state index contributed by atoms with van der Waals surface area (Å²) in [7, 11) is 0. The summed E-state index contributed by atoms with van der Waals surface area (Å²) in [6, 6.07) is 11.3. The molecule has 132 valence electrons. The number of carbonyl (C=O) groups is 2. The van der Waals surface area contributed by atoms with Crippen LogP contribution in [0.3, 0.4) is 0 Å². The van der Waals surface area contributed by atoms with Crippen molar-refractivity contribution in [2.24, 2.45) is 0 Å². The fourth-order valence-electron chi connectivity index (χ4n) is 2.21. The average molecular weight is 350 g/mol. The van der Waals surface area contributed by atoms with Crippen molar-refractivity contribution in [3.63, 3.8) is 0 Å². The van der Waals surface area contributed by atoms with Gasteiger partial charge in [-0.05, 0) is 35.4 Å². The van der Waals surface area contributed by atoms with Gasteiger partial charge in [-0.25, -0.2) is 0 Å². The van der Waals surface area contributed by atoms with Crippen LogP contribution in [0, 0.1) is 0 Å². The van der Waals surface area contributed by atoms with Crippen molar-refractivity contribution in [3.05, 3.63) is 59.7 Å². The monoisotopic (exact) mass is 350 g/mol. The molecule has 2 rings (SSSR count). The summed E-state index contributed by atoms with van der Waals surface area (Å²) in [5.74, 6) is -0.499. The lowest BCUT2D eigenvalue weighted by molar-refractivity contribution is -0.137. The highest BCUT2D eigenvalue weighted by atomic mass is 19.4. The molecule has 7 heteroatoms. The van der Waals surface area contributed by atoms with E-state index in [9.17, 15) is 22.8 Å². The van der Waals surface area contributed by atoms with Gasteiger partial charge in [0.15, 0.2) is 0 Å². The van der Waals surface area contributed by atoms with Crippen LogP contribution in [0.2, 0.25) is 0 Å². The first-order valence-corrected chi connectivity index (χ1v) is 7.58. The molecule has 0 aliphatic carbocycles. The molecule has 25 heavy (non-hydrogen) atoms. The minimum Gasteiger partial charge on any atom is -0.355 e. The van der Waals surface area contributed by atoms with Crippen LogP contribution < -0.4 is 10.6 Å². The number of nitrogens with one attached hydrogen (secondary N) is 2. The van der Waals surface area contributed by atoms with Gasteiger partial charge >= 0.3 is 6.18 Å². The molecule has 0 heterocycles. The maximum atomic E-state index is 12.8. The summed E-state index contributed by atoms with van der Waals surface area (Å²) in [5.41, 5.74) is 0.677. The molecule has 0 aromatic heterocycles. The normalized spacial score (nSPS) is 11.0. The van der Waals surface area contributed by atoms with Crippen LogP contribution >= 0.6 is 0 Å². The number of halogens is 3. The highest BCUT2D eigenvalue weighted by molar-refractivity contribution is 5.94. The molecule has 0 saturated carbocycles. The summed E-state index contributed by atoms with van der Waals surface area (Å²) in [6.45, 7) is 1.99. The van der Waals surface area contributed by atoms with Crippen molar-refractivity contribution >= 4 is 11.8 Å². The van der Waals surface area contributed by atoms with Crippen LogP contribution in [0.4, 0.5) is 13.2 Å². The molecule has 0 spiro atoms. The van der Waals surface area contributed by atoms with Crippen LogP contribution in [0.5, 0.6) is 0 Å². The van der Waals surface area contributed by atoms with E-state index in [1.807, 2.05) is 0 Å². The van der Waals surface area contributed by atoms with Gasteiger partial charge in [-0.3, -0.25) is 9.59 Å². The second-order valence-corrected chi connectivity index (χ2v) is 5.39. The number of carbonyl (C=O) groups excluding carboxylic acids is 2. The van der Waals surface area contributed by atoms with E-state index < -0.39 is 11.7 Å². The van der Waals surface area contributed by atoms with Gasteiger partial charge in [0.05, 0.1) is 5.56 Å². The molecule has 0 bridgehead atoms. The molecule has 0 atom stereocenters. The number of hydrogen-bond acceptors (Lipinski definition) is 2. The number of alkyl halides is 3. The molecule has 0 aliphatic rings. The molecule has 0 radical (unpaired) electrons. The lowest BCUT2D eigenvalue weighted by atomic mass is 10.0. The van der Waals surface area contributed by atoms with Crippen molar-refractivity contribution < 1.29 is 22.8 Å². The summed E-state index contributed by atoms with van der Waals surface area (Å²) >= 11 is 0. The highest BCUT2D eigenvalue weighted by Crippen LogP contribution is 2.32. The zero-order valence-corrected chi connectivity index (χ0v) is 13.5. The quantitative estimate of drug-likeness (QED) is 0.814. The Hall–Kier alpha value is -2.83. The molecule has 2 N–H and O–H groups in total. The van der Waals surface area contributed by atoms with Crippen molar-refractivity contribution in [2.75, 3.05) is 13.1 Å². The molecule has 2 aromatic rings. The predicted molar refractivity (Wildman–Crippen MR) is 87.9 cm³/mol. The number of amides is 2. The average Bonchev–Trinajstić information content (AvgIpc) is 2.58. The molecule has 4 nitrogen and oxygen atoms in total. The van der Waals surface area contributed by atoms with E-state index in [-0.39, 0.29) is 18.4 Å². The van der Waals surface area contributed by atoms with E-state index in [2.05, 4.69) is 10.6 Å². The van der Waals surface area contributed by atoms with Crippen molar-refractivity contribution in [1.29, 1.82) is 0 Å².